The Morgan fingerprint density at radius 2 is 2.03 bits per heavy atom. The van der Waals surface area contributed by atoms with Crippen molar-refractivity contribution in [1.29, 1.82) is 0 Å². The lowest BCUT2D eigenvalue weighted by molar-refractivity contribution is 0.450. The Balaban J connectivity index is 1.35. The van der Waals surface area contributed by atoms with Crippen LogP contribution in [0.5, 0.6) is 0 Å². The largest absolute Gasteiger partial charge is 0.313 e. The van der Waals surface area contributed by atoms with Gasteiger partial charge in [-0.15, -0.1) is 0 Å². The molecule has 1 aliphatic heterocycles. The van der Waals surface area contributed by atoms with Gasteiger partial charge in [0.25, 0.3) is 0 Å². The first-order valence-corrected chi connectivity index (χ1v) is 11.9. The summed E-state index contributed by atoms with van der Waals surface area (Å²) in [7, 11) is -3.43. The smallest absolute Gasteiger partial charge is 0.243 e. The maximum atomic E-state index is 13.2. The number of rotatable bonds is 5. The van der Waals surface area contributed by atoms with Crippen molar-refractivity contribution in [2.24, 2.45) is 5.92 Å². The number of hydrogen-bond acceptors (Lipinski definition) is 4. The highest BCUT2D eigenvalue weighted by molar-refractivity contribution is 7.89. The van der Waals surface area contributed by atoms with Gasteiger partial charge in [0.2, 0.25) is 10.0 Å². The number of hydrogen-bond donors (Lipinski definition) is 0. The summed E-state index contributed by atoms with van der Waals surface area (Å²) in [5, 5.41) is 0. The first-order valence-electron chi connectivity index (χ1n) is 10.5. The molecule has 29 heavy (non-hydrogen) atoms. The van der Waals surface area contributed by atoms with Gasteiger partial charge < -0.3 is 4.57 Å². The van der Waals surface area contributed by atoms with Gasteiger partial charge in [0.1, 0.15) is 11.3 Å². The van der Waals surface area contributed by atoms with Crippen LogP contribution in [0, 0.1) is 5.92 Å². The first kappa shape index (κ1) is 18.8. The fourth-order valence-electron chi connectivity index (χ4n) is 4.79. The number of imidazole rings is 1. The summed E-state index contributed by atoms with van der Waals surface area (Å²) in [6.45, 7) is 4.04. The average Bonchev–Trinajstić information content (AvgIpc) is 3.45. The number of aromatic nitrogens is 3. The van der Waals surface area contributed by atoms with Gasteiger partial charge in [0, 0.05) is 32.3 Å². The van der Waals surface area contributed by atoms with E-state index in [9.17, 15) is 8.42 Å². The molecule has 1 saturated heterocycles. The number of fused-ring (bicyclic) bond motifs is 2. The maximum Gasteiger partial charge on any atom is 0.243 e. The molecule has 0 radical (unpaired) electrons. The summed E-state index contributed by atoms with van der Waals surface area (Å²) >= 11 is 0. The highest BCUT2D eigenvalue weighted by Crippen LogP contribution is 2.30. The Kier molecular flexibility index (Phi) is 4.67. The van der Waals surface area contributed by atoms with Crippen molar-refractivity contribution in [3.63, 3.8) is 0 Å². The van der Waals surface area contributed by atoms with Crippen molar-refractivity contribution in [2.75, 3.05) is 13.1 Å². The Hall–Kier alpha value is -2.25. The van der Waals surface area contributed by atoms with E-state index in [1.807, 2.05) is 24.3 Å². The summed E-state index contributed by atoms with van der Waals surface area (Å²) in [6, 6.07) is 9.57. The second-order valence-corrected chi connectivity index (χ2v) is 10.1. The van der Waals surface area contributed by atoms with Crippen LogP contribution in [0.3, 0.4) is 0 Å². The standard InChI is InChI=1S/C22H26N4O2S/c1-2-26-21(24-20-7-4-11-23-22(20)26)13-16-10-12-25(15-16)29(27,28)19-9-8-17-5-3-6-18(17)14-19/h4,7-9,11,14,16H,2-3,5-6,10,12-13,15H2,1H3/t16-/m1/s1. The highest BCUT2D eigenvalue weighted by Gasteiger charge is 2.34. The molecule has 1 aromatic carbocycles. The fourth-order valence-corrected chi connectivity index (χ4v) is 6.37. The molecule has 6 nitrogen and oxygen atoms in total. The van der Waals surface area contributed by atoms with E-state index in [4.69, 9.17) is 4.98 Å². The molecule has 2 aliphatic rings. The minimum Gasteiger partial charge on any atom is -0.313 e. The van der Waals surface area contributed by atoms with Crippen LogP contribution in [0.15, 0.2) is 41.4 Å². The Bertz CT molecular complexity index is 1170. The zero-order chi connectivity index (χ0) is 20.0. The first-order chi connectivity index (χ1) is 14.1. The lowest BCUT2D eigenvalue weighted by Gasteiger charge is -2.17. The van der Waals surface area contributed by atoms with Crippen LogP contribution in [0.1, 0.15) is 36.7 Å². The molecule has 7 heteroatoms. The molecular formula is C22H26N4O2S. The van der Waals surface area contributed by atoms with E-state index in [2.05, 4.69) is 16.5 Å². The lowest BCUT2D eigenvalue weighted by Crippen LogP contribution is -2.29. The van der Waals surface area contributed by atoms with E-state index in [0.29, 0.717) is 18.0 Å². The third kappa shape index (κ3) is 3.26. The molecule has 0 bridgehead atoms. The van der Waals surface area contributed by atoms with Gasteiger partial charge in [0.05, 0.1) is 4.90 Å². The van der Waals surface area contributed by atoms with Gasteiger partial charge in [-0.1, -0.05) is 6.07 Å². The fraction of sp³-hybridized carbons (Fsp3) is 0.455. The number of nitrogens with zero attached hydrogens (tertiary/aromatic N) is 4. The number of aryl methyl sites for hydroxylation is 3. The van der Waals surface area contributed by atoms with E-state index < -0.39 is 10.0 Å². The second kappa shape index (κ2) is 7.22. The minimum absolute atomic E-state index is 0.279. The van der Waals surface area contributed by atoms with Crippen molar-refractivity contribution in [2.45, 2.75) is 50.5 Å². The van der Waals surface area contributed by atoms with E-state index in [-0.39, 0.29) is 5.92 Å². The number of benzene rings is 1. The molecule has 0 saturated carbocycles. The quantitative estimate of drug-likeness (QED) is 0.648. The van der Waals surface area contributed by atoms with Crippen molar-refractivity contribution in [1.82, 2.24) is 18.8 Å². The Morgan fingerprint density at radius 3 is 2.90 bits per heavy atom. The normalized spacial score (nSPS) is 19.8. The molecule has 0 unspecified atom stereocenters. The minimum atomic E-state index is -3.43. The SMILES string of the molecule is CCn1c(C[C@H]2CCN(S(=O)(=O)c3ccc4c(c3)CCC4)C2)nc2cccnc21. The monoisotopic (exact) mass is 410 g/mol. The van der Waals surface area contributed by atoms with Gasteiger partial charge >= 0.3 is 0 Å². The van der Waals surface area contributed by atoms with Crippen LogP contribution < -0.4 is 0 Å². The summed E-state index contributed by atoms with van der Waals surface area (Å²) in [5.74, 6) is 1.28. The predicted molar refractivity (Wildman–Crippen MR) is 112 cm³/mol. The van der Waals surface area contributed by atoms with E-state index in [0.717, 1.165) is 55.6 Å². The zero-order valence-corrected chi connectivity index (χ0v) is 17.5. The van der Waals surface area contributed by atoms with Crippen molar-refractivity contribution >= 4 is 21.2 Å². The van der Waals surface area contributed by atoms with Gasteiger partial charge in [-0.05, 0) is 73.9 Å². The molecule has 3 heterocycles. The van der Waals surface area contributed by atoms with Gasteiger partial charge in [-0.2, -0.15) is 4.31 Å². The third-order valence-electron chi connectivity index (χ3n) is 6.33. The highest BCUT2D eigenvalue weighted by atomic mass is 32.2. The second-order valence-electron chi connectivity index (χ2n) is 8.12. The van der Waals surface area contributed by atoms with Gasteiger partial charge in [-0.3, -0.25) is 0 Å². The van der Waals surface area contributed by atoms with Crippen LogP contribution in [-0.4, -0.2) is 40.3 Å². The molecule has 1 atom stereocenters. The Morgan fingerprint density at radius 1 is 1.17 bits per heavy atom. The van der Waals surface area contributed by atoms with Crippen molar-refractivity contribution in [3.8, 4) is 0 Å². The molecule has 1 fully saturated rings. The molecule has 2 aromatic heterocycles. The summed E-state index contributed by atoms with van der Waals surface area (Å²) in [6.07, 6.45) is 6.61. The van der Waals surface area contributed by atoms with E-state index >= 15 is 0 Å². The predicted octanol–water partition coefficient (Wildman–Crippen LogP) is 3.19. The molecule has 5 rings (SSSR count). The summed E-state index contributed by atoms with van der Waals surface area (Å²) < 4.78 is 30.2. The number of sulfonamides is 1. The van der Waals surface area contributed by atoms with Gasteiger partial charge in [0.15, 0.2) is 5.65 Å². The van der Waals surface area contributed by atoms with Crippen molar-refractivity contribution in [3.05, 3.63) is 53.5 Å². The average molecular weight is 411 g/mol. The van der Waals surface area contributed by atoms with E-state index in [1.54, 1.807) is 16.6 Å². The summed E-state index contributed by atoms with van der Waals surface area (Å²) in [4.78, 5) is 9.68. The molecule has 0 N–H and O–H groups in total. The molecule has 0 spiro atoms. The molecular weight excluding hydrogens is 384 g/mol. The number of pyridine rings is 1. The maximum absolute atomic E-state index is 13.2. The third-order valence-corrected chi connectivity index (χ3v) is 8.19. The van der Waals surface area contributed by atoms with Crippen LogP contribution in [-0.2, 0) is 35.8 Å². The zero-order valence-electron chi connectivity index (χ0n) is 16.7. The molecule has 152 valence electrons. The lowest BCUT2D eigenvalue weighted by atomic mass is 10.0. The molecule has 3 aromatic rings. The van der Waals surface area contributed by atoms with Gasteiger partial charge in [-0.25, -0.2) is 18.4 Å². The Labute approximate surface area is 171 Å². The molecule has 1 aliphatic carbocycles. The van der Waals surface area contributed by atoms with Crippen molar-refractivity contribution < 1.29 is 8.42 Å². The van der Waals surface area contributed by atoms with E-state index in [1.165, 1.54) is 11.1 Å². The van der Waals surface area contributed by atoms with Crippen LogP contribution in [0.2, 0.25) is 0 Å². The van der Waals surface area contributed by atoms with Crippen LogP contribution in [0.4, 0.5) is 0 Å². The molecule has 0 amide bonds. The summed E-state index contributed by atoms with van der Waals surface area (Å²) in [5.41, 5.74) is 4.32. The van der Waals surface area contributed by atoms with Crippen LogP contribution >= 0.6 is 0 Å². The topological polar surface area (TPSA) is 68.1 Å². The van der Waals surface area contributed by atoms with Crippen LogP contribution in [0.25, 0.3) is 11.2 Å².